The van der Waals surface area contributed by atoms with E-state index in [4.69, 9.17) is 4.84 Å². The Bertz CT molecular complexity index is 1290. The molecule has 0 amide bonds. The van der Waals surface area contributed by atoms with E-state index >= 15 is 0 Å². The van der Waals surface area contributed by atoms with Gasteiger partial charge in [-0.15, -0.1) is 0 Å². The van der Waals surface area contributed by atoms with Crippen molar-refractivity contribution in [2.75, 3.05) is 7.11 Å². The highest BCUT2D eigenvalue weighted by atomic mass is 16.6. The van der Waals surface area contributed by atoms with E-state index in [9.17, 15) is 14.7 Å². The van der Waals surface area contributed by atoms with E-state index in [0.29, 0.717) is 23.8 Å². The molecule has 2 aromatic rings. The highest BCUT2D eigenvalue weighted by Crippen LogP contribution is 2.49. The van der Waals surface area contributed by atoms with Gasteiger partial charge in [0.05, 0.1) is 17.5 Å². The van der Waals surface area contributed by atoms with Gasteiger partial charge in [-0.3, -0.25) is 14.5 Å². The zero-order valence-electron chi connectivity index (χ0n) is 24.0. The molecule has 8 nitrogen and oxygen atoms in total. The van der Waals surface area contributed by atoms with E-state index in [1.807, 2.05) is 28.8 Å². The third-order valence-electron chi connectivity index (χ3n) is 10.4. The SMILES string of the molecule is CC[C@H]1CC2CC(N3C4CCCC3CC(n3c(=O)c(/C(CCC(=O)O)=N/OC)nc5ccccc53)C4)C[C@H](C2)C1. The van der Waals surface area contributed by atoms with Crippen molar-refractivity contribution in [1.82, 2.24) is 14.5 Å². The molecular weight excluding hydrogens is 504 g/mol. The van der Waals surface area contributed by atoms with Crippen molar-refractivity contribution < 1.29 is 14.7 Å². The van der Waals surface area contributed by atoms with Gasteiger partial charge in [0.15, 0.2) is 5.69 Å². The van der Waals surface area contributed by atoms with Crippen LogP contribution in [-0.4, -0.2) is 56.5 Å². The molecule has 0 spiro atoms. The molecule has 4 bridgehead atoms. The molecule has 0 radical (unpaired) electrons. The van der Waals surface area contributed by atoms with Crippen LogP contribution in [0.3, 0.4) is 0 Å². The van der Waals surface area contributed by atoms with Gasteiger partial charge in [-0.2, -0.15) is 0 Å². The van der Waals surface area contributed by atoms with Gasteiger partial charge in [0, 0.05) is 30.6 Å². The van der Waals surface area contributed by atoms with Crippen molar-refractivity contribution in [3.8, 4) is 0 Å². The van der Waals surface area contributed by atoms with E-state index in [1.54, 1.807) is 0 Å². The maximum Gasteiger partial charge on any atom is 0.303 e. The van der Waals surface area contributed by atoms with E-state index in [0.717, 1.165) is 41.6 Å². The fourth-order valence-electron chi connectivity index (χ4n) is 8.97. The monoisotopic (exact) mass is 548 g/mol. The summed E-state index contributed by atoms with van der Waals surface area (Å²) in [5, 5.41) is 13.3. The Morgan fingerprint density at radius 1 is 0.975 bits per heavy atom. The molecule has 2 aliphatic heterocycles. The Morgan fingerprint density at radius 2 is 1.68 bits per heavy atom. The van der Waals surface area contributed by atoms with Crippen molar-refractivity contribution in [2.24, 2.45) is 22.9 Å². The Balaban J connectivity index is 1.32. The zero-order valence-corrected chi connectivity index (χ0v) is 24.0. The predicted molar refractivity (Wildman–Crippen MR) is 156 cm³/mol. The summed E-state index contributed by atoms with van der Waals surface area (Å²) in [4.78, 5) is 38.1. The third-order valence-corrected chi connectivity index (χ3v) is 10.4. The number of aromatic nitrogens is 2. The van der Waals surface area contributed by atoms with Crippen LogP contribution in [-0.2, 0) is 9.63 Å². The normalized spacial score (nSPS) is 32.6. The molecule has 6 rings (SSSR count). The van der Waals surface area contributed by atoms with Crippen molar-refractivity contribution in [1.29, 1.82) is 0 Å². The number of benzene rings is 1. The second-order valence-electron chi connectivity index (χ2n) is 12.9. The standard InChI is InChI=1S/C32H44N4O4/c1-3-20-13-21-15-22(14-20)17-25(16-21)35-23-7-6-8-24(35)19-26(18-23)36-29-10-5-4-9-27(29)33-31(32(36)39)28(34-40-2)11-12-30(37)38/h4-5,9-10,20-26H,3,6-8,11-19H2,1-2H3,(H,37,38)/b34-28+/t20-,21+,22?,23?,24?,25?,26?/m1/s1. The van der Waals surface area contributed by atoms with E-state index in [-0.39, 0.29) is 30.1 Å². The second kappa shape index (κ2) is 11.6. The van der Waals surface area contributed by atoms with Crippen molar-refractivity contribution in [3.63, 3.8) is 0 Å². The summed E-state index contributed by atoms with van der Waals surface area (Å²) in [5.41, 5.74) is 1.90. The summed E-state index contributed by atoms with van der Waals surface area (Å²) in [6.07, 6.45) is 13.9. The number of carbonyl (C=O) groups is 1. The minimum Gasteiger partial charge on any atom is -0.481 e. The van der Waals surface area contributed by atoms with Crippen LogP contribution in [0.1, 0.15) is 102 Å². The van der Waals surface area contributed by atoms with Crippen LogP contribution in [0.5, 0.6) is 0 Å². The van der Waals surface area contributed by atoms with Crippen LogP contribution in [0.15, 0.2) is 34.2 Å². The Hall–Kier alpha value is -2.74. The first-order chi connectivity index (χ1) is 19.4. The maximum atomic E-state index is 14.1. The van der Waals surface area contributed by atoms with Crippen LogP contribution < -0.4 is 5.56 Å². The molecule has 8 heteroatoms. The Labute approximate surface area is 236 Å². The molecule has 4 fully saturated rings. The van der Waals surface area contributed by atoms with Gasteiger partial charge in [0.1, 0.15) is 12.8 Å². The quantitative estimate of drug-likeness (QED) is 0.332. The van der Waals surface area contributed by atoms with Crippen LogP contribution in [0.2, 0.25) is 0 Å². The van der Waals surface area contributed by atoms with Gasteiger partial charge in [-0.05, 0) is 87.7 Å². The molecule has 40 heavy (non-hydrogen) atoms. The lowest BCUT2D eigenvalue weighted by molar-refractivity contribution is -0.136. The lowest BCUT2D eigenvalue weighted by Crippen LogP contribution is -2.59. The molecule has 4 unspecified atom stereocenters. The first kappa shape index (κ1) is 27.4. The lowest BCUT2D eigenvalue weighted by atomic mass is 9.64. The number of piperidine rings is 2. The number of carboxylic acids is 1. The molecule has 1 N–H and O–H groups in total. The number of para-hydroxylation sites is 2. The predicted octanol–water partition coefficient (Wildman–Crippen LogP) is 5.77. The molecule has 2 saturated heterocycles. The fraction of sp³-hybridized carbons (Fsp3) is 0.688. The van der Waals surface area contributed by atoms with Crippen molar-refractivity contribution in [3.05, 3.63) is 40.3 Å². The number of aliphatic carboxylic acids is 1. The Kier molecular flexibility index (Phi) is 7.98. The minimum absolute atomic E-state index is 0.0848. The zero-order chi connectivity index (χ0) is 27.8. The van der Waals surface area contributed by atoms with Gasteiger partial charge in [0.25, 0.3) is 5.56 Å². The van der Waals surface area contributed by atoms with E-state index in [1.165, 1.54) is 64.9 Å². The molecular formula is C32H44N4O4. The third kappa shape index (κ3) is 5.31. The van der Waals surface area contributed by atoms with Crippen molar-refractivity contribution >= 4 is 22.7 Å². The first-order valence-electron chi connectivity index (χ1n) is 15.6. The second-order valence-corrected chi connectivity index (χ2v) is 12.9. The molecule has 2 aliphatic carbocycles. The average Bonchev–Trinajstić information content (AvgIpc) is 2.93. The smallest absolute Gasteiger partial charge is 0.303 e. The molecule has 216 valence electrons. The average molecular weight is 549 g/mol. The molecule has 2 saturated carbocycles. The van der Waals surface area contributed by atoms with Gasteiger partial charge in [0.2, 0.25) is 0 Å². The van der Waals surface area contributed by atoms with Crippen LogP contribution >= 0.6 is 0 Å². The summed E-state index contributed by atoms with van der Waals surface area (Å²) < 4.78 is 1.97. The maximum absolute atomic E-state index is 14.1. The van der Waals surface area contributed by atoms with Crippen molar-refractivity contribution in [2.45, 2.75) is 115 Å². The largest absolute Gasteiger partial charge is 0.481 e. The number of hydrogen-bond donors (Lipinski definition) is 1. The summed E-state index contributed by atoms with van der Waals surface area (Å²) in [5.74, 6) is 1.76. The van der Waals surface area contributed by atoms with Gasteiger partial charge in [-0.1, -0.05) is 37.1 Å². The minimum atomic E-state index is -0.942. The molecule has 6 atom stereocenters. The molecule has 1 aromatic heterocycles. The number of carboxylic acid groups (broad SMARTS) is 1. The lowest BCUT2D eigenvalue weighted by Gasteiger charge is -2.56. The summed E-state index contributed by atoms with van der Waals surface area (Å²) in [6.45, 7) is 2.37. The summed E-state index contributed by atoms with van der Waals surface area (Å²) >= 11 is 0. The Morgan fingerprint density at radius 3 is 2.33 bits per heavy atom. The number of nitrogens with zero attached hydrogens (tertiary/aromatic N) is 4. The fourth-order valence-corrected chi connectivity index (χ4v) is 8.97. The van der Waals surface area contributed by atoms with Crippen LogP contribution in [0.4, 0.5) is 0 Å². The molecule has 3 heterocycles. The van der Waals surface area contributed by atoms with Crippen LogP contribution in [0.25, 0.3) is 11.0 Å². The number of oxime groups is 1. The number of fused-ring (bicyclic) bond motifs is 5. The first-order valence-corrected chi connectivity index (χ1v) is 15.6. The van der Waals surface area contributed by atoms with Gasteiger partial charge in [-0.25, -0.2) is 4.98 Å². The van der Waals surface area contributed by atoms with E-state index < -0.39 is 5.97 Å². The highest BCUT2D eigenvalue weighted by molar-refractivity contribution is 6.00. The highest BCUT2D eigenvalue weighted by Gasteiger charge is 2.46. The summed E-state index contributed by atoms with van der Waals surface area (Å²) in [7, 11) is 1.42. The van der Waals surface area contributed by atoms with Gasteiger partial charge >= 0.3 is 5.97 Å². The number of rotatable bonds is 8. The topological polar surface area (TPSA) is 97.0 Å². The van der Waals surface area contributed by atoms with Crippen LogP contribution in [0, 0.1) is 17.8 Å². The molecule has 1 aromatic carbocycles. The summed E-state index contributed by atoms with van der Waals surface area (Å²) in [6, 6.07) is 9.60. The molecule has 4 aliphatic rings. The number of hydrogen-bond acceptors (Lipinski definition) is 6. The van der Waals surface area contributed by atoms with Gasteiger partial charge < -0.3 is 14.5 Å². The van der Waals surface area contributed by atoms with E-state index in [2.05, 4.69) is 22.0 Å².